The van der Waals surface area contributed by atoms with Crippen molar-refractivity contribution in [3.05, 3.63) is 94.5 Å². The quantitative estimate of drug-likeness (QED) is 0.607. The van der Waals surface area contributed by atoms with Gasteiger partial charge in [-0.25, -0.2) is 0 Å². The zero-order chi connectivity index (χ0) is 20.6. The summed E-state index contributed by atoms with van der Waals surface area (Å²) in [5.41, 5.74) is 4.72. The molecule has 3 aromatic rings. The first-order valence-corrected chi connectivity index (χ1v) is 9.53. The van der Waals surface area contributed by atoms with E-state index in [-0.39, 0.29) is 5.56 Å². The van der Waals surface area contributed by atoms with E-state index in [1.54, 1.807) is 19.2 Å². The SMILES string of the molecule is COc1cc(C[NH2+]Cc2ccc(C(=O)[O-])cc2)ccc1OCc1ccccc1C. The van der Waals surface area contributed by atoms with Crippen LogP contribution in [0.15, 0.2) is 66.7 Å². The Balaban J connectivity index is 1.56. The molecule has 0 aliphatic rings. The Morgan fingerprint density at radius 3 is 2.31 bits per heavy atom. The fourth-order valence-corrected chi connectivity index (χ4v) is 3.07. The van der Waals surface area contributed by atoms with Gasteiger partial charge in [0.05, 0.1) is 13.1 Å². The van der Waals surface area contributed by atoms with Crippen molar-refractivity contribution < 1.29 is 24.7 Å². The fourth-order valence-electron chi connectivity index (χ4n) is 3.07. The molecule has 0 bridgehead atoms. The van der Waals surface area contributed by atoms with Crippen molar-refractivity contribution in [2.45, 2.75) is 26.6 Å². The number of aromatic carboxylic acids is 1. The van der Waals surface area contributed by atoms with Crippen LogP contribution in [0.5, 0.6) is 11.5 Å². The van der Waals surface area contributed by atoms with Crippen molar-refractivity contribution in [1.29, 1.82) is 0 Å². The van der Waals surface area contributed by atoms with E-state index in [4.69, 9.17) is 9.47 Å². The molecule has 0 heterocycles. The van der Waals surface area contributed by atoms with Crippen molar-refractivity contribution in [2.24, 2.45) is 0 Å². The maximum absolute atomic E-state index is 10.8. The second-order valence-electron chi connectivity index (χ2n) is 6.88. The first-order valence-electron chi connectivity index (χ1n) is 9.53. The maximum atomic E-state index is 10.8. The number of hydrogen-bond acceptors (Lipinski definition) is 4. The molecule has 0 atom stereocenters. The predicted molar refractivity (Wildman–Crippen MR) is 109 cm³/mol. The van der Waals surface area contributed by atoms with Gasteiger partial charge in [0.15, 0.2) is 11.5 Å². The first-order chi connectivity index (χ1) is 14.1. The molecule has 2 N–H and O–H groups in total. The molecule has 0 unspecified atom stereocenters. The van der Waals surface area contributed by atoms with Crippen LogP contribution in [-0.2, 0) is 19.7 Å². The average molecular weight is 391 g/mol. The zero-order valence-electron chi connectivity index (χ0n) is 16.7. The lowest BCUT2D eigenvalue weighted by Gasteiger charge is -2.13. The van der Waals surface area contributed by atoms with Crippen molar-refractivity contribution in [3.63, 3.8) is 0 Å². The number of carboxylic acid groups (broad SMARTS) is 1. The van der Waals surface area contributed by atoms with E-state index < -0.39 is 5.97 Å². The summed E-state index contributed by atoms with van der Waals surface area (Å²) in [4.78, 5) is 10.8. The summed E-state index contributed by atoms with van der Waals surface area (Å²) in [7, 11) is 1.64. The molecule has 5 heteroatoms. The largest absolute Gasteiger partial charge is 0.545 e. The van der Waals surface area contributed by atoms with Crippen LogP contribution >= 0.6 is 0 Å². The van der Waals surface area contributed by atoms with Crippen LogP contribution in [0, 0.1) is 6.92 Å². The van der Waals surface area contributed by atoms with E-state index in [2.05, 4.69) is 24.4 Å². The highest BCUT2D eigenvalue weighted by molar-refractivity contribution is 5.85. The minimum Gasteiger partial charge on any atom is -0.545 e. The first kappa shape index (κ1) is 20.4. The summed E-state index contributed by atoms with van der Waals surface area (Å²) < 4.78 is 11.5. The normalized spacial score (nSPS) is 10.6. The van der Waals surface area contributed by atoms with E-state index in [0.717, 1.165) is 35.5 Å². The standard InChI is InChI=1S/C24H25NO4/c1-17-5-3-4-6-21(17)16-29-22-12-9-19(13-23(22)28-2)15-25-14-18-7-10-20(11-8-18)24(26)27/h3-13,25H,14-16H2,1-2H3,(H,26,27). The van der Waals surface area contributed by atoms with Gasteiger partial charge in [0.2, 0.25) is 0 Å². The number of methoxy groups -OCH3 is 1. The van der Waals surface area contributed by atoms with Crippen LogP contribution in [-0.4, -0.2) is 13.1 Å². The van der Waals surface area contributed by atoms with Crippen LogP contribution in [0.2, 0.25) is 0 Å². The smallest absolute Gasteiger partial charge is 0.161 e. The summed E-state index contributed by atoms with van der Waals surface area (Å²) in [6, 6.07) is 20.9. The lowest BCUT2D eigenvalue weighted by molar-refractivity contribution is -0.686. The number of carbonyl (C=O) groups is 1. The number of ether oxygens (including phenoxy) is 2. The third kappa shape index (κ3) is 5.59. The summed E-state index contributed by atoms with van der Waals surface area (Å²) in [5.74, 6) is 0.275. The van der Waals surface area contributed by atoms with Gasteiger partial charge in [-0.3, -0.25) is 0 Å². The molecule has 29 heavy (non-hydrogen) atoms. The minimum absolute atomic E-state index is 0.194. The number of benzene rings is 3. The third-order valence-corrected chi connectivity index (χ3v) is 4.82. The highest BCUT2D eigenvalue weighted by Gasteiger charge is 2.08. The van der Waals surface area contributed by atoms with Crippen LogP contribution in [0.25, 0.3) is 0 Å². The van der Waals surface area contributed by atoms with Crippen LogP contribution in [0.1, 0.15) is 32.6 Å². The summed E-state index contributed by atoms with van der Waals surface area (Å²) in [6.07, 6.45) is 0. The Labute approximate surface area is 170 Å². The number of carboxylic acids is 1. The summed E-state index contributed by atoms with van der Waals surface area (Å²) in [5, 5.41) is 13.0. The monoisotopic (exact) mass is 391 g/mol. The molecular formula is C24H25NO4. The van der Waals surface area contributed by atoms with E-state index in [1.165, 1.54) is 5.56 Å². The number of hydrogen-bond donors (Lipinski definition) is 1. The molecule has 5 nitrogen and oxygen atoms in total. The summed E-state index contributed by atoms with van der Waals surface area (Å²) in [6.45, 7) is 4.09. The second kappa shape index (κ2) is 9.75. The van der Waals surface area contributed by atoms with E-state index in [0.29, 0.717) is 12.4 Å². The Morgan fingerprint density at radius 2 is 1.62 bits per heavy atom. The van der Waals surface area contributed by atoms with E-state index in [9.17, 15) is 9.90 Å². The Kier molecular flexibility index (Phi) is 6.87. The molecule has 3 aromatic carbocycles. The van der Waals surface area contributed by atoms with Crippen molar-refractivity contribution >= 4 is 5.97 Å². The molecule has 0 fully saturated rings. The van der Waals surface area contributed by atoms with Crippen LogP contribution in [0.4, 0.5) is 0 Å². The van der Waals surface area contributed by atoms with E-state index >= 15 is 0 Å². The number of nitrogens with two attached hydrogens (primary N) is 1. The number of carbonyl (C=O) groups excluding carboxylic acids is 1. The molecule has 0 saturated carbocycles. The Hall–Kier alpha value is -3.31. The maximum Gasteiger partial charge on any atom is 0.161 e. The van der Waals surface area contributed by atoms with Gasteiger partial charge in [-0.05, 0) is 41.8 Å². The summed E-state index contributed by atoms with van der Waals surface area (Å²) >= 11 is 0. The van der Waals surface area contributed by atoms with Crippen molar-refractivity contribution in [1.82, 2.24) is 0 Å². The van der Waals surface area contributed by atoms with Gasteiger partial charge in [-0.15, -0.1) is 0 Å². The molecule has 0 spiro atoms. The zero-order valence-corrected chi connectivity index (χ0v) is 16.7. The molecule has 0 radical (unpaired) electrons. The highest BCUT2D eigenvalue weighted by atomic mass is 16.5. The van der Waals surface area contributed by atoms with Gasteiger partial charge in [0, 0.05) is 11.1 Å². The second-order valence-corrected chi connectivity index (χ2v) is 6.88. The average Bonchev–Trinajstić information content (AvgIpc) is 2.74. The van der Waals surface area contributed by atoms with Gasteiger partial charge in [0.1, 0.15) is 19.7 Å². The topological polar surface area (TPSA) is 75.2 Å². The van der Waals surface area contributed by atoms with Crippen molar-refractivity contribution in [3.8, 4) is 11.5 Å². The third-order valence-electron chi connectivity index (χ3n) is 4.82. The van der Waals surface area contributed by atoms with Gasteiger partial charge in [-0.2, -0.15) is 0 Å². The highest BCUT2D eigenvalue weighted by Crippen LogP contribution is 2.29. The van der Waals surface area contributed by atoms with Crippen LogP contribution < -0.4 is 19.9 Å². The molecule has 0 saturated heterocycles. The molecule has 0 aliphatic heterocycles. The Morgan fingerprint density at radius 1 is 0.931 bits per heavy atom. The fraction of sp³-hybridized carbons (Fsp3) is 0.208. The van der Waals surface area contributed by atoms with Gasteiger partial charge >= 0.3 is 0 Å². The van der Waals surface area contributed by atoms with Gasteiger partial charge in [0.25, 0.3) is 0 Å². The number of rotatable bonds is 9. The lowest BCUT2D eigenvalue weighted by Crippen LogP contribution is -2.80. The Bertz CT molecular complexity index is 967. The predicted octanol–water partition coefficient (Wildman–Crippen LogP) is 2.21. The van der Waals surface area contributed by atoms with E-state index in [1.807, 2.05) is 42.5 Å². The molecule has 0 amide bonds. The molecule has 150 valence electrons. The van der Waals surface area contributed by atoms with Crippen molar-refractivity contribution in [2.75, 3.05) is 7.11 Å². The van der Waals surface area contributed by atoms with Gasteiger partial charge < -0.3 is 24.7 Å². The molecular weight excluding hydrogens is 366 g/mol. The molecule has 0 aromatic heterocycles. The van der Waals surface area contributed by atoms with Gasteiger partial charge in [-0.1, -0.05) is 48.5 Å². The number of aryl methyl sites for hydroxylation is 1. The molecule has 0 aliphatic carbocycles. The minimum atomic E-state index is -1.16. The molecule has 3 rings (SSSR count). The van der Waals surface area contributed by atoms with Crippen LogP contribution in [0.3, 0.4) is 0 Å². The lowest BCUT2D eigenvalue weighted by atomic mass is 10.1. The number of quaternary nitrogens is 1.